The van der Waals surface area contributed by atoms with Crippen molar-refractivity contribution >= 4 is 12.1 Å². The van der Waals surface area contributed by atoms with Crippen molar-refractivity contribution in [2.75, 3.05) is 0 Å². The average molecular weight is 140 g/mol. The number of carbonyl (C=O) groups excluding carboxylic acids is 2. The quantitative estimate of drug-likeness (QED) is 0.436. The fraction of sp³-hybridized carbons (Fsp3) is 0.500. The Kier molecular flexibility index (Phi) is 4.46. The van der Waals surface area contributed by atoms with Gasteiger partial charge in [0.1, 0.15) is 12.1 Å². The summed E-state index contributed by atoms with van der Waals surface area (Å²) in [5, 5.41) is 0. The molecule has 0 aliphatic rings. The van der Waals surface area contributed by atoms with Crippen LogP contribution < -0.4 is 0 Å². The summed E-state index contributed by atoms with van der Waals surface area (Å²) in [4.78, 5) is 20.3. The third kappa shape index (κ3) is 5.22. The molecule has 0 fully saturated rings. The van der Waals surface area contributed by atoms with Crippen molar-refractivity contribution in [3.05, 3.63) is 12.2 Å². The summed E-state index contributed by atoms with van der Waals surface area (Å²) in [7, 11) is 0. The Morgan fingerprint density at radius 1 is 1.60 bits per heavy atom. The summed E-state index contributed by atoms with van der Waals surface area (Å²) in [6.07, 6.45) is 4.39. The molecular formula is C8H12O2. The molecule has 0 N–H and O–H groups in total. The lowest BCUT2D eigenvalue weighted by Gasteiger charge is -1.99. The second-order valence-electron chi connectivity index (χ2n) is 2.40. The lowest BCUT2D eigenvalue weighted by molar-refractivity contribution is -0.117. The van der Waals surface area contributed by atoms with Crippen LogP contribution in [0.3, 0.4) is 0 Å². The van der Waals surface area contributed by atoms with Gasteiger partial charge in [-0.25, -0.2) is 0 Å². The highest BCUT2D eigenvalue weighted by molar-refractivity contribution is 5.76. The van der Waals surface area contributed by atoms with Crippen LogP contribution in [-0.2, 0) is 9.59 Å². The summed E-state index contributed by atoms with van der Waals surface area (Å²) in [5.74, 6) is 0.339. The fourth-order valence-electron chi connectivity index (χ4n) is 0.757. The van der Waals surface area contributed by atoms with Crippen molar-refractivity contribution in [3.63, 3.8) is 0 Å². The molecule has 2 nitrogen and oxygen atoms in total. The standard InChI is InChI=1S/C8H12O2/c1-7(4-3-5-9)6-8(2)10/h3-5,7H,6H2,1-2H3/b4-3+. The Hall–Kier alpha value is -0.920. The van der Waals surface area contributed by atoms with E-state index in [4.69, 9.17) is 0 Å². The van der Waals surface area contributed by atoms with Crippen LogP contribution >= 0.6 is 0 Å². The van der Waals surface area contributed by atoms with Gasteiger partial charge < -0.3 is 4.79 Å². The maximum absolute atomic E-state index is 10.5. The summed E-state index contributed by atoms with van der Waals surface area (Å²) in [6.45, 7) is 3.45. The maximum Gasteiger partial charge on any atom is 0.142 e. The van der Waals surface area contributed by atoms with Gasteiger partial charge in [-0.15, -0.1) is 0 Å². The van der Waals surface area contributed by atoms with Crippen molar-refractivity contribution < 1.29 is 9.59 Å². The van der Waals surface area contributed by atoms with Crippen molar-refractivity contribution in [2.24, 2.45) is 5.92 Å². The number of hydrogen-bond donors (Lipinski definition) is 0. The van der Waals surface area contributed by atoms with Gasteiger partial charge in [-0.2, -0.15) is 0 Å². The highest BCUT2D eigenvalue weighted by atomic mass is 16.1. The fourth-order valence-corrected chi connectivity index (χ4v) is 0.757. The average Bonchev–Trinajstić information content (AvgIpc) is 1.82. The van der Waals surface area contributed by atoms with E-state index in [2.05, 4.69) is 0 Å². The van der Waals surface area contributed by atoms with Crippen molar-refractivity contribution in [2.45, 2.75) is 20.3 Å². The predicted octanol–water partition coefficient (Wildman–Crippen LogP) is 1.36. The van der Waals surface area contributed by atoms with Gasteiger partial charge in [-0.05, 0) is 18.9 Å². The van der Waals surface area contributed by atoms with Gasteiger partial charge in [0.15, 0.2) is 0 Å². The van der Waals surface area contributed by atoms with Crippen molar-refractivity contribution in [1.29, 1.82) is 0 Å². The lowest BCUT2D eigenvalue weighted by atomic mass is 10.1. The summed E-state index contributed by atoms with van der Waals surface area (Å²) in [5.41, 5.74) is 0. The molecule has 0 aliphatic heterocycles. The first-order chi connectivity index (χ1) is 4.66. The van der Waals surface area contributed by atoms with Crippen LogP contribution in [0.25, 0.3) is 0 Å². The van der Waals surface area contributed by atoms with Crippen LogP contribution in [0, 0.1) is 5.92 Å². The van der Waals surface area contributed by atoms with E-state index in [1.807, 2.05) is 6.92 Å². The molecule has 1 atom stereocenters. The normalized spacial score (nSPS) is 13.4. The van der Waals surface area contributed by atoms with Crippen LogP contribution in [0.5, 0.6) is 0 Å². The van der Waals surface area contributed by atoms with Crippen LogP contribution in [0.1, 0.15) is 20.3 Å². The molecule has 0 saturated heterocycles. The Bertz CT molecular complexity index is 147. The van der Waals surface area contributed by atoms with Crippen LogP contribution in [0.4, 0.5) is 0 Å². The zero-order valence-corrected chi connectivity index (χ0v) is 6.33. The minimum Gasteiger partial charge on any atom is -0.300 e. The monoisotopic (exact) mass is 140 g/mol. The molecule has 0 heterocycles. The molecule has 0 aromatic heterocycles. The van der Waals surface area contributed by atoms with E-state index in [0.29, 0.717) is 6.42 Å². The number of allylic oxidation sites excluding steroid dienone is 2. The van der Waals surface area contributed by atoms with E-state index in [9.17, 15) is 9.59 Å². The molecular weight excluding hydrogens is 128 g/mol. The molecule has 2 heteroatoms. The lowest BCUT2D eigenvalue weighted by Crippen LogP contribution is -1.97. The number of ketones is 1. The first-order valence-corrected chi connectivity index (χ1v) is 3.28. The number of Topliss-reactive ketones (excluding diaryl/α,β-unsaturated/α-hetero) is 1. The minimum atomic E-state index is 0.156. The second-order valence-corrected chi connectivity index (χ2v) is 2.40. The van der Waals surface area contributed by atoms with E-state index in [1.54, 1.807) is 13.0 Å². The van der Waals surface area contributed by atoms with E-state index in [-0.39, 0.29) is 11.7 Å². The molecule has 0 rings (SSSR count). The largest absolute Gasteiger partial charge is 0.300 e. The summed E-state index contributed by atoms with van der Waals surface area (Å²) < 4.78 is 0. The predicted molar refractivity (Wildman–Crippen MR) is 39.7 cm³/mol. The Morgan fingerprint density at radius 3 is 2.60 bits per heavy atom. The molecule has 0 spiro atoms. The van der Waals surface area contributed by atoms with Crippen LogP contribution in [0.2, 0.25) is 0 Å². The molecule has 0 amide bonds. The molecule has 0 saturated carbocycles. The second kappa shape index (κ2) is 4.91. The highest BCUT2D eigenvalue weighted by Gasteiger charge is 1.99. The molecule has 0 aliphatic carbocycles. The first-order valence-electron chi connectivity index (χ1n) is 3.28. The topological polar surface area (TPSA) is 34.1 Å². The van der Waals surface area contributed by atoms with Gasteiger partial charge in [0.2, 0.25) is 0 Å². The van der Waals surface area contributed by atoms with Gasteiger partial charge >= 0.3 is 0 Å². The molecule has 1 unspecified atom stereocenters. The zero-order valence-electron chi connectivity index (χ0n) is 6.33. The number of hydrogen-bond acceptors (Lipinski definition) is 2. The third-order valence-electron chi connectivity index (χ3n) is 1.13. The van der Waals surface area contributed by atoms with Gasteiger partial charge in [-0.3, -0.25) is 4.79 Å². The van der Waals surface area contributed by atoms with E-state index >= 15 is 0 Å². The van der Waals surface area contributed by atoms with Gasteiger partial charge in [0.05, 0.1) is 0 Å². The van der Waals surface area contributed by atoms with Gasteiger partial charge in [0.25, 0.3) is 0 Å². The Labute approximate surface area is 60.9 Å². The number of carbonyl (C=O) groups is 2. The molecule has 56 valence electrons. The zero-order chi connectivity index (χ0) is 7.98. The highest BCUT2D eigenvalue weighted by Crippen LogP contribution is 2.02. The number of rotatable bonds is 4. The Balaban J connectivity index is 3.62. The molecule has 0 aromatic rings. The summed E-state index contributed by atoms with van der Waals surface area (Å²) in [6, 6.07) is 0. The maximum atomic E-state index is 10.5. The van der Waals surface area contributed by atoms with E-state index < -0.39 is 0 Å². The Morgan fingerprint density at radius 2 is 2.20 bits per heavy atom. The summed E-state index contributed by atoms with van der Waals surface area (Å²) >= 11 is 0. The molecule has 0 radical (unpaired) electrons. The van der Waals surface area contributed by atoms with E-state index in [1.165, 1.54) is 6.08 Å². The first kappa shape index (κ1) is 9.08. The van der Waals surface area contributed by atoms with Crippen molar-refractivity contribution in [3.8, 4) is 0 Å². The van der Waals surface area contributed by atoms with Crippen LogP contribution in [-0.4, -0.2) is 12.1 Å². The minimum absolute atomic E-state index is 0.156. The van der Waals surface area contributed by atoms with Gasteiger partial charge in [-0.1, -0.05) is 13.0 Å². The van der Waals surface area contributed by atoms with E-state index in [0.717, 1.165) is 6.29 Å². The molecule has 0 bridgehead atoms. The smallest absolute Gasteiger partial charge is 0.142 e. The molecule has 0 aromatic carbocycles. The van der Waals surface area contributed by atoms with Crippen LogP contribution in [0.15, 0.2) is 12.2 Å². The van der Waals surface area contributed by atoms with Gasteiger partial charge in [0, 0.05) is 6.42 Å². The molecule has 10 heavy (non-hydrogen) atoms. The van der Waals surface area contributed by atoms with Crippen molar-refractivity contribution in [1.82, 2.24) is 0 Å². The number of aldehydes is 1. The third-order valence-corrected chi connectivity index (χ3v) is 1.13. The SMILES string of the molecule is CC(=O)CC(C)/C=C/C=O.